The number of rotatable bonds is 5. The fourth-order valence-electron chi connectivity index (χ4n) is 2.08. The largest absolute Gasteiger partial charge is 0.504 e. The number of carbonyl (C=O) groups excluding carboxylic acids is 1. The Balaban J connectivity index is 1.70. The topological polar surface area (TPSA) is 75.2 Å². The Morgan fingerprint density at radius 3 is 2.86 bits per heavy atom. The summed E-state index contributed by atoms with van der Waals surface area (Å²) in [6, 6.07) is 12.3. The monoisotopic (exact) mass is 314 g/mol. The minimum Gasteiger partial charge on any atom is -0.504 e. The van der Waals surface area contributed by atoms with Gasteiger partial charge in [-0.3, -0.25) is 4.79 Å². The van der Waals surface area contributed by atoms with Crippen molar-refractivity contribution in [1.82, 2.24) is 9.97 Å². The van der Waals surface area contributed by atoms with Crippen LogP contribution in [0.4, 0.5) is 0 Å². The molecule has 5 nitrogen and oxygen atoms in total. The third-order valence-corrected chi connectivity index (χ3v) is 4.08. The lowest BCUT2D eigenvalue weighted by Gasteiger charge is -2.05. The van der Waals surface area contributed by atoms with Gasteiger partial charge in [0.1, 0.15) is 0 Å². The molecule has 0 radical (unpaired) electrons. The number of H-pyrrole nitrogens is 1. The molecule has 0 saturated carbocycles. The first kappa shape index (κ1) is 14.5. The zero-order valence-electron chi connectivity index (χ0n) is 11.9. The third kappa shape index (κ3) is 2.92. The van der Waals surface area contributed by atoms with Crippen LogP contribution in [0.3, 0.4) is 0 Å². The zero-order chi connectivity index (χ0) is 15.5. The van der Waals surface area contributed by atoms with E-state index in [2.05, 4.69) is 9.97 Å². The number of imidazole rings is 1. The molecule has 1 heterocycles. The van der Waals surface area contributed by atoms with E-state index in [0.29, 0.717) is 16.5 Å². The second-order valence-electron chi connectivity index (χ2n) is 4.66. The number of benzene rings is 2. The predicted octanol–water partition coefficient (Wildman–Crippen LogP) is 3.25. The molecule has 2 aromatic carbocycles. The number of carbonyl (C=O) groups is 1. The second kappa shape index (κ2) is 6.11. The average Bonchev–Trinajstić information content (AvgIpc) is 2.95. The summed E-state index contributed by atoms with van der Waals surface area (Å²) in [5.74, 6) is 0.470. The molecule has 1 aromatic heterocycles. The van der Waals surface area contributed by atoms with Gasteiger partial charge in [0, 0.05) is 5.56 Å². The van der Waals surface area contributed by atoms with E-state index in [1.165, 1.54) is 24.9 Å². The summed E-state index contributed by atoms with van der Waals surface area (Å²) in [6.07, 6.45) is 0. The number of ether oxygens (including phenoxy) is 1. The van der Waals surface area contributed by atoms with Gasteiger partial charge in [-0.15, -0.1) is 0 Å². The van der Waals surface area contributed by atoms with Crippen molar-refractivity contribution >= 4 is 28.6 Å². The van der Waals surface area contributed by atoms with Crippen LogP contribution in [-0.4, -0.2) is 33.7 Å². The molecule has 0 aliphatic rings. The number of phenols is 1. The fourth-order valence-corrected chi connectivity index (χ4v) is 2.86. The van der Waals surface area contributed by atoms with Crippen molar-refractivity contribution in [3.05, 3.63) is 48.0 Å². The number of hydrogen-bond donors (Lipinski definition) is 2. The highest BCUT2D eigenvalue weighted by atomic mass is 32.2. The predicted molar refractivity (Wildman–Crippen MR) is 85.8 cm³/mol. The number of nitrogens with zero attached hydrogens (tertiary/aromatic N) is 1. The Morgan fingerprint density at radius 2 is 2.14 bits per heavy atom. The first-order valence-corrected chi connectivity index (χ1v) is 7.63. The van der Waals surface area contributed by atoms with Crippen molar-refractivity contribution in [3.63, 3.8) is 0 Å². The van der Waals surface area contributed by atoms with Crippen molar-refractivity contribution < 1.29 is 14.6 Å². The van der Waals surface area contributed by atoms with Gasteiger partial charge in [-0.25, -0.2) is 4.98 Å². The van der Waals surface area contributed by atoms with Gasteiger partial charge in [0.25, 0.3) is 0 Å². The number of aromatic nitrogens is 2. The molecule has 0 aliphatic carbocycles. The first-order valence-electron chi connectivity index (χ1n) is 6.65. The highest BCUT2D eigenvalue weighted by Gasteiger charge is 2.11. The molecule has 0 amide bonds. The van der Waals surface area contributed by atoms with E-state index in [4.69, 9.17) is 4.74 Å². The maximum Gasteiger partial charge on any atom is 0.173 e. The summed E-state index contributed by atoms with van der Waals surface area (Å²) in [5.41, 5.74) is 2.26. The Hall–Kier alpha value is -2.47. The Bertz CT molecular complexity index is 796. The van der Waals surface area contributed by atoms with Crippen LogP contribution >= 0.6 is 11.8 Å². The summed E-state index contributed by atoms with van der Waals surface area (Å²) >= 11 is 1.34. The quantitative estimate of drug-likeness (QED) is 0.558. The number of methoxy groups -OCH3 is 1. The Morgan fingerprint density at radius 1 is 1.32 bits per heavy atom. The molecule has 22 heavy (non-hydrogen) atoms. The molecule has 0 spiro atoms. The van der Waals surface area contributed by atoms with E-state index in [9.17, 15) is 9.90 Å². The number of thioether (sulfide) groups is 1. The van der Waals surface area contributed by atoms with Crippen LogP contribution in [-0.2, 0) is 0 Å². The third-order valence-electron chi connectivity index (χ3n) is 3.21. The van der Waals surface area contributed by atoms with Gasteiger partial charge in [-0.1, -0.05) is 23.9 Å². The number of fused-ring (bicyclic) bond motifs is 1. The van der Waals surface area contributed by atoms with Crippen molar-refractivity contribution in [1.29, 1.82) is 0 Å². The van der Waals surface area contributed by atoms with Crippen molar-refractivity contribution in [2.24, 2.45) is 0 Å². The fraction of sp³-hybridized carbons (Fsp3) is 0.125. The standard InChI is InChI=1S/C16H14N2O3S/c1-21-15-7-6-10(8-13(15)19)14(20)9-22-16-17-11-4-2-3-5-12(11)18-16/h2-8,19H,9H2,1H3,(H,17,18). The van der Waals surface area contributed by atoms with E-state index < -0.39 is 0 Å². The van der Waals surface area contributed by atoms with Crippen LogP contribution in [0.2, 0.25) is 0 Å². The van der Waals surface area contributed by atoms with E-state index in [0.717, 1.165) is 11.0 Å². The van der Waals surface area contributed by atoms with Crippen molar-refractivity contribution in [2.45, 2.75) is 5.16 Å². The number of phenolic OH excluding ortho intramolecular Hbond substituents is 1. The summed E-state index contributed by atoms with van der Waals surface area (Å²) in [6.45, 7) is 0. The number of nitrogens with one attached hydrogen (secondary N) is 1. The van der Waals surface area contributed by atoms with Gasteiger partial charge in [-0.2, -0.15) is 0 Å². The molecular weight excluding hydrogens is 300 g/mol. The maximum absolute atomic E-state index is 12.2. The molecule has 3 aromatic rings. The van der Waals surface area contributed by atoms with E-state index in [1.54, 1.807) is 12.1 Å². The molecule has 0 atom stereocenters. The Kier molecular flexibility index (Phi) is 4.02. The van der Waals surface area contributed by atoms with E-state index in [1.807, 2.05) is 24.3 Å². The average molecular weight is 314 g/mol. The van der Waals surface area contributed by atoms with Gasteiger partial charge < -0.3 is 14.8 Å². The Labute approximate surface area is 131 Å². The van der Waals surface area contributed by atoms with Crippen LogP contribution in [0.15, 0.2) is 47.6 Å². The van der Waals surface area contributed by atoms with Gasteiger partial charge in [0.15, 0.2) is 22.4 Å². The molecule has 112 valence electrons. The van der Waals surface area contributed by atoms with Crippen LogP contribution in [0, 0.1) is 0 Å². The number of Topliss-reactive ketones (excluding diaryl/α,β-unsaturated/α-hetero) is 1. The molecule has 2 N–H and O–H groups in total. The smallest absolute Gasteiger partial charge is 0.173 e. The molecule has 0 bridgehead atoms. The van der Waals surface area contributed by atoms with Crippen molar-refractivity contribution in [2.75, 3.05) is 12.9 Å². The lowest BCUT2D eigenvalue weighted by molar-refractivity contribution is 0.102. The van der Waals surface area contributed by atoms with Crippen LogP contribution in [0.5, 0.6) is 11.5 Å². The molecule has 0 aliphatic heterocycles. The van der Waals surface area contributed by atoms with Gasteiger partial charge in [0.2, 0.25) is 0 Å². The molecule has 3 rings (SSSR count). The highest BCUT2D eigenvalue weighted by Crippen LogP contribution is 2.27. The van der Waals surface area contributed by atoms with Crippen LogP contribution < -0.4 is 4.74 Å². The first-order chi connectivity index (χ1) is 10.7. The molecule has 0 unspecified atom stereocenters. The number of para-hydroxylation sites is 2. The number of aromatic hydroxyl groups is 1. The molecule has 0 saturated heterocycles. The maximum atomic E-state index is 12.2. The van der Waals surface area contributed by atoms with E-state index >= 15 is 0 Å². The minimum absolute atomic E-state index is 0.0397. The zero-order valence-corrected chi connectivity index (χ0v) is 12.7. The second-order valence-corrected chi connectivity index (χ2v) is 5.62. The number of ketones is 1. The van der Waals surface area contributed by atoms with Crippen LogP contribution in [0.1, 0.15) is 10.4 Å². The van der Waals surface area contributed by atoms with Gasteiger partial charge in [0.05, 0.1) is 23.9 Å². The number of hydrogen-bond acceptors (Lipinski definition) is 5. The van der Waals surface area contributed by atoms with Crippen LogP contribution in [0.25, 0.3) is 11.0 Å². The van der Waals surface area contributed by atoms with Crippen molar-refractivity contribution in [3.8, 4) is 11.5 Å². The van der Waals surface area contributed by atoms with E-state index in [-0.39, 0.29) is 17.3 Å². The summed E-state index contributed by atoms with van der Waals surface area (Å²) in [4.78, 5) is 19.7. The number of aromatic amines is 1. The lowest BCUT2D eigenvalue weighted by atomic mass is 10.1. The van der Waals surface area contributed by atoms with Gasteiger partial charge in [-0.05, 0) is 30.3 Å². The summed E-state index contributed by atoms with van der Waals surface area (Å²) in [7, 11) is 1.47. The summed E-state index contributed by atoms with van der Waals surface area (Å²) < 4.78 is 4.96. The molecular formula is C16H14N2O3S. The molecule has 0 fully saturated rings. The minimum atomic E-state index is -0.0802. The normalized spacial score (nSPS) is 10.8. The lowest BCUT2D eigenvalue weighted by Crippen LogP contribution is -2.02. The summed E-state index contributed by atoms with van der Waals surface area (Å²) in [5, 5.41) is 10.4. The molecule has 6 heteroatoms. The van der Waals surface area contributed by atoms with Gasteiger partial charge >= 0.3 is 0 Å². The SMILES string of the molecule is COc1ccc(C(=O)CSc2nc3ccccc3[nH]2)cc1O. The highest BCUT2D eigenvalue weighted by molar-refractivity contribution is 7.99.